The smallest absolute Gasteiger partial charge is 0.306 e. The van der Waals surface area contributed by atoms with E-state index in [0.29, 0.717) is 19.3 Å². The molecular weight excluding hydrogens is 877 g/mol. The molecule has 0 aliphatic rings. The van der Waals surface area contributed by atoms with Crippen LogP contribution in [0, 0.1) is 0 Å². The molecule has 6 heteroatoms. The summed E-state index contributed by atoms with van der Waals surface area (Å²) in [5.41, 5.74) is 0. The van der Waals surface area contributed by atoms with E-state index in [1.54, 1.807) is 0 Å². The van der Waals surface area contributed by atoms with Crippen LogP contribution in [0.1, 0.15) is 303 Å². The Kier molecular flexibility index (Phi) is 56.8. The summed E-state index contributed by atoms with van der Waals surface area (Å²) >= 11 is 0. The lowest BCUT2D eigenvalue weighted by atomic mass is 10.0. The Morgan fingerprint density at radius 3 is 0.859 bits per heavy atom. The number of ether oxygens (including phenoxy) is 3. The van der Waals surface area contributed by atoms with E-state index in [4.69, 9.17) is 14.2 Å². The van der Waals surface area contributed by atoms with Crippen LogP contribution in [0.25, 0.3) is 0 Å². The summed E-state index contributed by atoms with van der Waals surface area (Å²) in [5, 5.41) is 0. The molecule has 0 bridgehead atoms. The summed E-state index contributed by atoms with van der Waals surface area (Å²) in [6.07, 6.45) is 76.1. The van der Waals surface area contributed by atoms with E-state index in [1.807, 2.05) is 0 Å². The van der Waals surface area contributed by atoms with Gasteiger partial charge in [0.25, 0.3) is 0 Å². The van der Waals surface area contributed by atoms with Gasteiger partial charge in [-0.2, -0.15) is 0 Å². The zero-order chi connectivity index (χ0) is 51.4. The fraction of sp³-hybridized carbons (Fsp3) is 0.769. The average Bonchev–Trinajstić information content (AvgIpc) is 3.37. The predicted octanol–water partition coefficient (Wildman–Crippen LogP) is 20.5. The van der Waals surface area contributed by atoms with Crippen LogP contribution in [-0.2, 0) is 28.6 Å². The SMILES string of the molecule is CC/C=C\C/C=C\C/C=C\CCCCCCCCCC(=O)OC(COC(=O)CCCCCCCCCC/C=C\C/C=C\C/C=C\CCCCCCC)COC(=O)CCCCCCCCCCCCCCC. The molecule has 0 spiro atoms. The Morgan fingerprint density at radius 2 is 0.549 bits per heavy atom. The van der Waals surface area contributed by atoms with Gasteiger partial charge >= 0.3 is 17.9 Å². The van der Waals surface area contributed by atoms with Gasteiger partial charge in [-0.1, -0.05) is 267 Å². The first kappa shape index (κ1) is 67.8. The Labute approximate surface area is 440 Å². The predicted molar refractivity (Wildman–Crippen MR) is 307 cm³/mol. The zero-order valence-electron chi connectivity index (χ0n) is 47.0. The van der Waals surface area contributed by atoms with Gasteiger partial charge in [0, 0.05) is 19.3 Å². The van der Waals surface area contributed by atoms with E-state index in [1.165, 1.54) is 161 Å². The average molecular weight is 992 g/mol. The number of unbranched alkanes of at least 4 members (excludes halogenated alkanes) is 32. The van der Waals surface area contributed by atoms with Crippen LogP contribution >= 0.6 is 0 Å². The lowest BCUT2D eigenvalue weighted by molar-refractivity contribution is -0.167. The molecule has 0 fully saturated rings. The minimum absolute atomic E-state index is 0.0795. The minimum Gasteiger partial charge on any atom is -0.462 e. The maximum Gasteiger partial charge on any atom is 0.306 e. The van der Waals surface area contributed by atoms with Crippen LogP contribution in [0.2, 0.25) is 0 Å². The fourth-order valence-electron chi connectivity index (χ4n) is 8.64. The Morgan fingerprint density at radius 1 is 0.296 bits per heavy atom. The molecule has 0 aromatic rings. The van der Waals surface area contributed by atoms with Crippen LogP contribution in [0.4, 0.5) is 0 Å². The topological polar surface area (TPSA) is 78.9 Å². The third-order valence-electron chi connectivity index (χ3n) is 13.2. The van der Waals surface area contributed by atoms with E-state index in [-0.39, 0.29) is 31.1 Å². The van der Waals surface area contributed by atoms with Crippen molar-refractivity contribution in [2.45, 2.75) is 309 Å². The van der Waals surface area contributed by atoms with Gasteiger partial charge in [0.15, 0.2) is 6.10 Å². The number of allylic oxidation sites excluding steroid dienone is 12. The molecule has 0 saturated carbocycles. The molecule has 0 saturated heterocycles. The van der Waals surface area contributed by atoms with Crippen molar-refractivity contribution in [1.29, 1.82) is 0 Å². The van der Waals surface area contributed by atoms with Crippen molar-refractivity contribution in [3.8, 4) is 0 Å². The Bertz CT molecular complexity index is 1320. The first-order valence-corrected chi connectivity index (χ1v) is 30.4. The number of carbonyl (C=O) groups excluding carboxylic acids is 3. The maximum absolute atomic E-state index is 12.9. The highest BCUT2D eigenvalue weighted by Gasteiger charge is 2.19. The highest BCUT2D eigenvalue weighted by molar-refractivity contribution is 5.71. The van der Waals surface area contributed by atoms with E-state index in [0.717, 1.165) is 103 Å². The molecule has 0 rings (SSSR count). The highest BCUT2D eigenvalue weighted by atomic mass is 16.6. The first-order valence-electron chi connectivity index (χ1n) is 30.4. The molecule has 0 N–H and O–H groups in total. The van der Waals surface area contributed by atoms with Crippen molar-refractivity contribution < 1.29 is 28.6 Å². The summed E-state index contributed by atoms with van der Waals surface area (Å²) in [6, 6.07) is 0. The lowest BCUT2D eigenvalue weighted by Crippen LogP contribution is -2.30. The summed E-state index contributed by atoms with van der Waals surface area (Å²) in [6.45, 7) is 6.53. The van der Waals surface area contributed by atoms with E-state index >= 15 is 0 Å². The molecule has 1 unspecified atom stereocenters. The van der Waals surface area contributed by atoms with Crippen molar-refractivity contribution in [3.05, 3.63) is 72.9 Å². The van der Waals surface area contributed by atoms with Crippen molar-refractivity contribution in [2.75, 3.05) is 13.2 Å². The number of rotatable bonds is 55. The van der Waals surface area contributed by atoms with Crippen molar-refractivity contribution in [2.24, 2.45) is 0 Å². The quantitative estimate of drug-likeness (QED) is 0.0261. The number of hydrogen-bond acceptors (Lipinski definition) is 6. The van der Waals surface area contributed by atoms with E-state index in [9.17, 15) is 14.4 Å². The number of esters is 3. The first-order chi connectivity index (χ1) is 35.0. The molecule has 6 nitrogen and oxygen atoms in total. The van der Waals surface area contributed by atoms with Gasteiger partial charge in [0.05, 0.1) is 0 Å². The molecule has 71 heavy (non-hydrogen) atoms. The molecule has 410 valence electrons. The second kappa shape index (κ2) is 59.4. The van der Waals surface area contributed by atoms with Crippen LogP contribution in [-0.4, -0.2) is 37.2 Å². The molecule has 0 aliphatic heterocycles. The van der Waals surface area contributed by atoms with E-state index < -0.39 is 6.10 Å². The number of hydrogen-bond donors (Lipinski definition) is 0. The Balaban J connectivity index is 4.35. The van der Waals surface area contributed by atoms with Gasteiger partial charge in [0.1, 0.15) is 13.2 Å². The summed E-state index contributed by atoms with van der Waals surface area (Å²) < 4.78 is 16.9. The molecule has 0 heterocycles. The molecule has 0 aromatic heterocycles. The molecule has 0 amide bonds. The molecule has 0 radical (unpaired) electrons. The molecular formula is C65H114O6. The fourth-order valence-corrected chi connectivity index (χ4v) is 8.64. The van der Waals surface area contributed by atoms with Gasteiger partial charge in [-0.25, -0.2) is 0 Å². The van der Waals surface area contributed by atoms with Gasteiger partial charge in [0.2, 0.25) is 0 Å². The molecule has 0 aliphatic carbocycles. The zero-order valence-corrected chi connectivity index (χ0v) is 47.0. The minimum atomic E-state index is -0.783. The largest absolute Gasteiger partial charge is 0.462 e. The molecule has 1 atom stereocenters. The van der Waals surface area contributed by atoms with Gasteiger partial charge in [-0.15, -0.1) is 0 Å². The highest BCUT2D eigenvalue weighted by Crippen LogP contribution is 2.16. The van der Waals surface area contributed by atoms with Crippen molar-refractivity contribution in [3.63, 3.8) is 0 Å². The normalized spacial score (nSPS) is 12.5. The standard InChI is InChI=1S/C65H114O6/c1-4-7-10-13-16-19-22-25-27-29-30-31-32-33-34-36-37-40-43-46-49-52-55-58-64(67)70-61-62(60-69-63(66)57-54-51-48-45-42-39-24-21-18-15-12-9-6-3)71-65(68)59-56-53-50-47-44-41-38-35-28-26-23-20-17-14-11-8-5-2/h8,11,17,20,22,25-26,28-30,32-33,62H,4-7,9-10,12-16,18-19,21,23-24,27,31,34-61H2,1-3H3/b11-8-,20-17-,25-22-,28-26-,30-29-,33-32-. The third-order valence-corrected chi connectivity index (χ3v) is 13.2. The molecule has 0 aromatic carbocycles. The third kappa shape index (κ3) is 57.6. The van der Waals surface area contributed by atoms with Crippen molar-refractivity contribution >= 4 is 17.9 Å². The van der Waals surface area contributed by atoms with Gasteiger partial charge < -0.3 is 14.2 Å². The monoisotopic (exact) mass is 991 g/mol. The van der Waals surface area contributed by atoms with Crippen LogP contribution < -0.4 is 0 Å². The van der Waals surface area contributed by atoms with Gasteiger partial charge in [-0.05, 0) is 89.9 Å². The summed E-state index contributed by atoms with van der Waals surface area (Å²) in [7, 11) is 0. The maximum atomic E-state index is 12.9. The van der Waals surface area contributed by atoms with Crippen molar-refractivity contribution in [1.82, 2.24) is 0 Å². The Hall–Kier alpha value is -3.15. The number of carbonyl (C=O) groups is 3. The summed E-state index contributed by atoms with van der Waals surface area (Å²) in [5.74, 6) is -0.885. The van der Waals surface area contributed by atoms with Gasteiger partial charge in [-0.3, -0.25) is 14.4 Å². The lowest BCUT2D eigenvalue weighted by Gasteiger charge is -2.18. The van der Waals surface area contributed by atoms with Crippen LogP contribution in [0.5, 0.6) is 0 Å². The van der Waals surface area contributed by atoms with Crippen LogP contribution in [0.15, 0.2) is 72.9 Å². The van der Waals surface area contributed by atoms with E-state index in [2.05, 4.69) is 93.7 Å². The second-order valence-electron chi connectivity index (χ2n) is 20.2. The van der Waals surface area contributed by atoms with Crippen LogP contribution in [0.3, 0.4) is 0 Å². The second-order valence-corrected chi connectivity index (χ2v) is 20.2. The summed E-state index contributed by atoms with van der Waals surface area (Å²) in [4.78, 5) is 38.2.